The van der Waals surface area contributed by atoms with E-state index in [1.807, 2.05) is 5.53 Å². The lowest BCUT2D eigenvalue weighted by Crippen LogP contribution is -2.47. The fraction of sp³-hybridized carbons (Fsp3) is 0.333. The van der Waals surface area contributed by atoms with Gasteiger partial charge in [-0.15, -0.1) is 9.46 Å². The average molecular weight is 220 g/mol. The summed E-state index contributed by atoms with van der Waals surface area (Å²) in [7, 11) is 1.20. The summed E-state index contributed by atoms with van der Waals surface area (Å²) in [6, 6.07) is 0. The highest BCUT2D eigenvalue weighted by Gasteiger charge is 2.37. The fourth-order valence-corrected chi connectivity index (χ4v) is 0.730. The minimum atomic E-state index is -1.01. The number of rotatable bonds is 3. The number of carbonyl (C=O) groups excluding carboxylic acids is 1. The van der Waals surface area contributed by atoms with Crippen molar-refractivity contribution in [3.63, 3.8) is 0 Å². The van der Waals surface area contributed by atoms with Crippen molar-refractivity contribution >= 4 is 24.2 Å². The molecule has 1 aliphatic heterocycles. The second kappa shape index (κ2) is 3.99. The zero-order valence-corrected chi connectivity index (χ0v) is 7.59. The van der Waals surface area contributed by atoms with Crippen LogP contribution in [0.5, 0.6) is 0 Å². The molecule has 0 saturated carbocycles. The third-order valence-electron chi connectivity index (χ3n) is 1.18. The summed E-state index contributed by atoms with van der Waals surface area (Å²) in [6.45, 7) is 0. The molecule has 0 atom stereocenters. The van der Waals surface area contributed by atoms with Crippen LogP contribution in [0.2, 0.25) is 0 Å². The first-order valence-corrected chi connectivity index (χ1v) is 3.48. The second-order valence-electron chi connectivity index (χ2n) is 1.93. The highest BCUT2D eigenvalue weighted by Crippen LogP contribution is 2.03. The Hall–Kier alpha value is -1.72. The van der Waals surface area contributed by atoms with Crippen LogP contribution in [0.25, 0.3) is 0 Å². The monoisotopic (exact) mass is 220 g/mol. The molecule has 0 aromatic rings. The Morgan fingerprint density at radius 3 is 2.93 bits per heavy atom. The average Bonchev–Trinajstić information content (AvgIpc) is 2.60. The molecule has 0 aromatic heterocycles. The van der Waals surface area contributed by atoms with Crippen molar-refractivity contribution in [1.82, 2.24) is 15.9 Å². The van der Waals surface area contributed by atoms with Gasteiger partial charge in [0.25, 0.3) is 0 Å². The van der Waals surface area contributed by atoms with Crippen LogP contribution >= 0.6 is 0 Å². The summed E-state index contributed by atoms with van der Waals surface area (Å²) in [4.78, 5) is 25.8. The van der Waals surface area contributed by atoms with Gasteiger partial charge in [0.1, 0.15) is 0 Å². The molecule has 0 fully saturated rings. The number of amides is 1. The molecule has 11 heteroatoms. The van der Waals surface area contributed by atoms with E-state index in [0.29, 0.717) is 5.28 Å². The zero-order valence-electron chi connectivity index (χ0n) is 6.78. The molecule has 0 radical (unpaired) electrons. The molecule has 14 heavy (non-hydrogen) atoms. The van der Waals surface area contributed by atoms with E-state index >= 15 is 0 Å². The predicted molar refractivity (Wildman–Crippen MR) is 43.1 cm³/mol. The largest absolute Gasteiger partial charge is 0.333 e. The van der Waals surface area contributed by atoms with Crippen molar-refractivity contribution in [2.45, 2.75) is 0 Å². The van der Waals surface area contributed by atoms with E-state index < -0.39 is 16.8 Å². The van der Waals surface area contributed by atoms with Crippen molar-refractivity contribution in [3.05, 3.63) is 10.1 Å². The van der Waals surface area contributed by atoms with Crippen LogP contribution < -0.4 is 5.53 Å². The van der Waals surface area contributed by atoms with Crippen LogP contribution in [0.15, 0.2) is 9.46 Å². The Morgan fingerprint density at radius 2 is 2.50 bits per heavy atom. The smallest absolute Gasteiger partial charge is 0.262 e. The van der Waals surface area contributed by atoms with Crippen molar-refractivity contribution in [1.29, 1.82) is 0 Å². The standard InChI is InChI=1S/C3H4N6O4S/c1-13-8-4-2(3(10)5-14)7(6-8)9(11)12/h6H,1H3. The van der Waals surface area contributed by atoms with Crippen LogP contribution in [0, 0.1) is 10.1 Å². The zero-order chi connectivity index (χ0) is 10.7. The molecule has 76 valence electrons. The van der Waals surface area contributed by atoms with Crippen molar-refractivity contribution in [2.75, 3.05) is 7.11 Å². The van der Waals surface area contributed by atoms with Gasteiger partial charge in [-0.25, -0.2) is 15.0 Å². The Labute approximate surface area is 82.3 Å². The maximum Gasteiger partial charge on any atom is 0.333 e. The molecule has 1 rings (SSSR count). The van der Waals surface area contributed by atoms with Gasteiger partial charge in [-0.05, 0) is 5.53 Å². The molecule has 1 amide bonds. The SMILES string of the molecule is CON1N=C(C(=O)N=S)N([N+](=O)[O-])N1. The number of amidine groups is 1. The first-order valence-electron chi connectivity index (χ1n) is 3.11. The Bertz CT molecular complexity index is 316. The van der Waals surface area contributed by atoms with Crippen molar-refractivity contribution in [3.8, 4) is 0 Å². The lowest BCUT2D eigenvalue weighted by Gasteiger charge is -2.09. The summed E-state index contributed by atoms with van der Waals surface area (Å²) in [5.41, 5.74) is 2.02. The first-order chi connectivity index (χ1) is 6.60. The summed E-state index contributed by atoms with van der Waals surface area (Å²) in [5.74, 6) is -1.59. The number of nitrogens with one attached hydrogen (secondary N) is 1. The number of nitrogens with zero attached hydrogens (tertiary/aromatic N) is 5. The summed E-state index contributed by atoms with van der Waals surface area (Å²) in [6.07, 6.45) is 0. The number of carbonyl (C=O) groups is 1. The van der Waals surface area contributed by atoms with Gasteiger partial charge in [0, 0.05) is 17.5 Å². The molecule has 1 heterocycles. The van der Waals surface area contributed by atoms with E-state index in [1.165, 1.54) is 7.11 Å². The molecule has 0 spiro atoms. The summed E-state index contributed by atoms with van der Waals surface area (Å²) >= 11 is 4.08. The van der Waals surface area contributed by atoms with Crippen LogP contribution in [-0.2, 0) is 22.1 Å². The van der Waals surface area contributed by atoms with Gasteiger partial charge in [0.2, 0.25) is 0 Å². The van der Waals surface area contributed by atoms with Crippen LogP contribution in [0.4, 0.5) is 0 Å². The van der Waals surface area contributed by atoms with Gasteiger partial charge in [0.15, 0.2) is 5.03 Å². The molecule has 1 N–H and O–H groups in total. The van der Waals surface area contributed by atoms with Crippen LogP contribution in [0.3, 0.4) is 0 Å². The van der Waals surface area contributed by atoms with Gasteiger partial charge < -0.3 is 0 Å². The third-order valence-corrected chi connectivity index (χ3v) is 1.34. The highest BCUT2D eigenvalue weighted by molar-refractivity contribution is 7.48. The van der Waals surface area contributed by atoms with Crippen molar-refractivity contribution in [2.24, 2.45) is 9.46 Å². The Kier molecular flexibility index (Phi) is 2.95. The number of hydrazone groups is 1. The molecule has 10 nitrogen and oxygen atoms in total. The van der Waals surface area contributed by atoms with E-state index in [-0.39, 0.29) is 5.12 Å². The van der Waals surface area contributed by atoms with Crippen LogP contribution in [0.1, 0.15) is 0 Å². The molecule has 0 saturated heterocycles. The summed E-state index contributed by atoms with van der Waals surface area (Å²) < 4.78 is 2.82. The van der Waals surface area contributed by atoms with E-state index in [4.69, 9.17) is 0 Å². The normalized spacial score (nSPS) is 15.4. The maximum absolute atomic E-state index is 10.9. The number of nitro groups is 1. The fourth-order valence-electron chi connectivity index (χ4n) is 0.649. The quantitative estimate of drug-likeness (QED) is 0.444. The summed E-state index contributed by atoms with van der Waals surface area (Å²) in [5, 5.41) is 13.7. The molecule has 1 aliphatic rings. The second-order valence-corrected chi connectivity index (χ2v) is 2.11. The third kappa shape index (κ3) is 1.78. The van der Waals surface area contributed by atoms with Crippen LogP contribution in [-0.4, -0.2) is 34.3 Å². The number of hydrogen-bond acceptors (Lipinski definition) is 8. The number of hydrazine groups is 3. The lowest BCUT2D eigenvalue weighted by atomic mass is 10.6. The van der Waals surface area contributed by atoms with E-state index in [2.05, 4.69) is 26.7 Å². The van der Waals surface area contributed by atoms with Gasteiger partial charge >= 0.3 is 11.7 Å². The minimum absolute atomic E-state index is 0.238. The minimum Gasteiger partial charge on any atom is -0.262 e. The van der Waals surface area contributed by atoms with Gasteiger partial charge in [-0.2, -0.15) is 0 Å². The number of hydrogen-bond donors (Lipinski definition) is 1. The predicted octanol–water partition coefficient (Wildman–Crippen LogP) is -1.65. The highest BCUT2D eigenvalue weighted by atomic mass is 32.1. The topological polar surface area (TPSA) is 113 Å². The maximum atomic E-state index is 10.9. The lowest BCUT2D eigenvalue weighted by molar-refractivity contribution is -0.650. The van der Waals surface area contributed by atoms with E-state index in [0.717, 1.165) is 0 Å². The van der Waals surface area contributed by atoms with Gasteiger partial charge in [-0.1, -0.05) is 5.28 Å². The van der Waals surface area contributed by atoms with E-state index in [9.17, 15) is 14.9 Å². The molecule has 0 aromatic carbocycles. The molecule has 0 aliphatic carbocycles. The first kappa shape index (κ1) is 10.4. The Morgan fingerprint density at radius 1 is 1.86 bits per heavy atom. The van der Waals surface area contributed by atoms with Gasteiger partial charge in [-0.3, -0.25) is 4.79 Å². The molecule has 0 bridgehead atoms. The van der Waals surface area contributed by atoms with Gasteiger partial charge in [0.05, 0.1) is 7.11 Å². The Balaban J connectivity index is 2.91. The molecule has 0 unspecified atom stereocenters. The van der Waals surface area contributed by atoms with Crippen molar-refractivity contribution < 1.29 is 14.7 Å². The van der Waals surface area contributed by atoms with E-state index in [1.54, 1.807) is 0 Å². The molecular formula is C3H4N6O4S. The molecular weight excluding hydrogens is 216 g/mol.